The number of piperidine rings is 1. The third-order valence-electron chi connectivity index (χ3n) is 7.93. The fourth-order valence-corrected chi connectivity index (χ4v) is 5.92. The summed E-state index contributed by atoms with van der Waals surface area (Å²) in [7, 11) is 0. The van der Waals surface area contributed by atoms with Crippen molar-refractivity contribution >= 4 is 28.8 Å². The number of benzene rings is 1. The number of pyridine rings is 3. The molecule has 0 unspecified atom stereocenters. The summed E-state index contributed by atoms with van der Waals surface area (Å²) < 4.78 is 40.7. The van der Waals surface area contributed by atoms with Gasteiger partial charge in [-0.2, -0.15) is 13.2 Å². The van der Waals surface area contributed by atoms with Crippen LogP contribution in [-0.2, 0) is 17.5 Å². The summed E-state index contributed by atoms with van der Waals surface area (Å²) in [6, 6.07) is 16.4. The third kappa shape index (κ3) is 6.46. The van der Waals surface area contributed by atoms with E-state index in [-0.39, 0.29) is 11.9 Å². The SMILES string of the molecule is Cc1cc(Nc2cnc(N3CCC(N4CC(=O)Nc5ccccc5C4)CC3)cc2-c2ccnc(C(F)(F)F)c2)cc(C)n1. The number of aryl methyl sites for hydroxylation is 2. The number of nitrogens with one attached hydrogen (secondary N) is 2. The highest BCUT2D eigenvalue weighted by atomic mass is 19.4. The summed E-state index contributed by atoms with van der Waals surface area (Å²) in [5, 5.41) is 6.35. The Morgan fingerprint density at radius 2 is 1.70 bits per heavy atom. The van der Waals surface area contributed by atoms with E-state index < -0.39 is 11.9 Å². The number of amides is 1. The molecule has 0 atom stereocenters. The van der Waals surface area contributed by atoms with E-state index in [2.05, 4.69) is 30.4 Å². The molecule has 5 heterocycles. The molecule has 2 aliphatic rings. The average molecular weight is 588 g/mol. The Morgan fingerprint density at radius 1 is 0.953 bits per heavy atom. The smallest absolute Gasteiger partial charge is 0.356 e. The van der Waals surface area contributed by atoms with E-state index in [0.717, 1.165) is 47.2 Å². The van der Waals surface area contributed by atoms with Crippen LogP contribution in [0.25, 0.3) is 11.1 Å². The number of carbonyl (C=O) groups excluding carboxylic acids is 1. The van der Waals surface area contributed by atoms with Gasteiger partial charge < -0.3 is 15.5 Å². The van der Waals surface area contributed by atoms with Crippen molar-refractivity contribution in [2.45, 2.75) is 45.5 Å². The number of hydrogen-bond acceptors (Lipinski definition) is 7. The lowest BCUT2D eigenvalue weighted by atomic mass is 10.0. The number of aromatic nitrogens is 3. The minimum absolute atomic E-state index is 0.0167. The zero-order chi connectivity index (χ0) is 30.1. The molecule has 8 nitrogen and oxygen atoms in total. The summed E-state index contributed by atoms with van der Waals surface area (Å²) in [5.74, 6) is 0.669. The van der Waals surface area contributed by atoms with Crippen LogP contribution in [0.15, 0.2) is 67.0 Å². The molecule has 0 bridgehead atoms. The first-order valence-corrected chi connectivity index (χ1v) is 14.2. The molecule has 2 N–H and O–H groups in total. The van der Waals surface area contributed by atoms with Gasteiger partial charge in [0.1, 0.15) is 11.5 Å². The van der Waals surface area contributed by atoms with Crippen molar-refractivity contribution in [3.05, 3.63) is 89.6 Å². The minimum atomic E-state index is -4.56. The largest absolute Gasteiger partial charge is 0.433 e. The molecular weight excluding hydrogens is 555 g/mol. The molecule has 4 aromatic rings. The van der Waals surface area contributed by atoms with Crippen LogP contribution in [-0.4, -0.2) is 51.4 Å². The van der Waals surface area contributed by atoms with E-state index in [1.807, 2.05) is 56.3 Å². The number of hydrogen-bond donors (Lipinski definition) is 2. The van der Waals surface area contributed by atoms with Crippen LogP contribution in [0.3, 0.4) is 0 Å². The molecule has 3 aromatic heterocycles. The van der Waals surface area contributed by atoms with Crippen molar-refractivity contribution in [2.75, 3.05) is 35.2 Å². The minimum Gasteiger partial charge on any atom is -0.356 e. The lowest BCUT2D eigenvalue weighted by Crippen LogP contribution is -2.46. The van der Waals surface area contributed by atoms with Gasteiger partial charge in [-0.25, -0.2) is 4.98 Å². The van der Waals surface area contributed by atoms with Crippen molar-refractivity contribution in [1.29, 1.82) is 0 Å². The van der Waals surface area contributed by atoms with E-state index >= 15 is 0 Å². The number of halogens is 3. The van der Waals surface area contributed by atoms with Crippen LogP contribution in [0, 0.1) is 13.8 Å². The number of carbonyl (C=O) groups is 1. The number of anilines is 4. The molecule has 0 saturated carbocycles. The molecule has 0 spiro atoms. The Morgan fingerprint density at radius 3 is 2.44 bits per heavy atom. The summed E-state index contributed by atoms with van der Waals surface area (Å²) in [6.07, 6.45) is -0.0498. The van der Waals surface area contributed by atoms with Crippen molar-refractivity contribution in [3.8, 4) is 11.1 Å². The molecule has 1 saturated heterocycles. The van der Waals surface area contributed by atoms with Gasteiger partial charge in [0.15, 0.2) is 0 Å². The molecule has 11 heteroatoms. The van der Waals surface area contributed by atoms with Crippen molar-refractivity contribution in [2.24, 2.45) is 0 Å². The first-order valence-electron chi connectivity index (χ1n) is 14.2. The molecule has 6 rings (SSSR count). The lowest BCUT2D eigenvalue weighted by Gasteiger charge is -2.38. The van der Waals surface area contributed by atoms with Crippen molar-refractivity contribution < 1.29 is 18.0 Å². The van der Waals surface area contributed by atoms with Crippen LogP contribution in [0.1, 0.15) is 35.5 Å². The number of fused-ring (bicyclic) bond motifs is 1. The Balaban J connectivity index is 1.26. The lowest BCUT2D eigenvalue weighted by molar-refractivity contribution is -0.141. The van der Waals surface area contributed by atoms with Gasteiger partial charge in [-0.1, -0.05) is 18.2 Å². The predicted octanol–water partition coefficient (Wildman–Crippen LogP) is 6.34. The summed E-state index contributed by atoms with van der Waals surface area (Å²) in [4.78, 5) is 29.7. The maximum absolute atomic E-state index is 13.6. The molecule has 2 aliphatic heterocycles. The zero-order valence-corrected chi connectivity index (χ0v) is 23.9. The van der Waals surface area contributed by atoms with Gasteiger partial charge in [-0.15, -0.1) is 0 Å². The van der Waals surface area contributed by atoms with Gasteiger partial charge in [0.2, 0.25) is 5.91 Å². The first kappa shape index (κ1) is 28.6. The monoisotopic (exact) mass is 587 g/mol. The second kappa shape index (κ2) is 11.6. The number of nitrogens with zero attached hydrogens (tertiary/aromatic N) is 5. The fourth-order valence-electron chi connectivity index (χ4n) is 5.92. The predicted molar refractivity (Wildman–Crippen MR) is 160 cm³/mol. The number of alkyl halides is 3. The highest BCUT2D eigenvalue weighted by Crippen LogP contribution is 2.37. The third-order valence-corrected chi connectivity index (χ3v) is 7.93. The molecule has 0 aliphatic carbocycles. The van der Waals surface area contributed by atoms with E-state index in [9.17, 15) is 18.0 Å². The molecule has 43 heavy (non-hydrogen) atoms. The molecular formula is C32H32F3N7O. The fraction of sp³-hybridized carbons (Fsp3) is 0.312. The molecule has 1 amide bonds. The van der Waals surface area contributed by atoms with Gasteiger partial charge in [0, 0.05) is 60.2 Å². The highest BCUT2D eigenvalue weighted by Gasteiger charge is 2.33. The highest BCUT2D eigenvalue weighted by molar-refractivity contribution is 5.93. The second-order valence-corrected chi connectivity index (χ2v) is 11.1. The Kier molecular flexibility index (Phi) is 7.74. The standard InChI is InChI=1S/C32H32F3N7O/c1-20-13-24(14-21(2)38-20)39-28-17-37-30(16-26(28)22-7-10-36-29(15-22)32(33,34)35)41-11-8-25(9-12-41)42-18-23-5-3-4-6-27(23)40-31(43)19-42/h3-7,10,13-17,25H,8-9,11-12,18-19H2,1-2H3,(H,38,39)(H,40,43). The van der Waals surface area contributed by atoms with Crippen LogP contribution in [0.5, 0.6) is 0 Å². The maximum Gasteiger partial charge on any atom is 0.433 e. The molecule has 1 fully saturated rings. The first-order chi connectivity index (χ1) is 20.6. The average Bonchev–Trinajstić information content (AvgIpc) is 3.14. The van der Waals surface area contributed by atoms with E-state index in [4.69, 9.17) is 4.98 Å². The van der Waals surface area contributed by atoms with E-state index in [0.29, 0.717) is 48.8 Å². The zero-order valence-electron chi connectivity index (χ0n) is 23.9. The van der Waals surface area contributed by atoms with Crippen molar-refractivity contribution in [3.63, 3.8) is 0 Å². The van der Waals surface area contributed by atoms with Gasteiger partial charge >= 0.3 is 6.18 Å². The Bertz CT molecular complexity index is 1630. The van der Waals surface area contributed by atoms with E-state index in [1.165, 1.54) is 6.20 Å². The van der Waals surface area contributed by atoms with Crippen LogP contribution in [0.2, 0.25) is 0 Å². The topological polar surface area (TPSA) is 86.3 Å². The van der Waals surface area contributed by atoms with E-state index in [1.54, 1.807) is 12.3 Å². The van der Waals surface area contributed by atoms with Gasteiger partial charge in [-0.3, -0.25) is 19.7 Å². The molecule has 1 aromatic carbocycles. The van der Waals surface area contributed by atoms with Crippen LogP contribution < -0.4 is 15.5 Å². The molecule has 0 radical (unpaired) electrons. The van der Waals surface area contributed by atoms with Gasteiger partial charge in [-0.05, 0) is 74.2 Å². The second-order valence-electron chi connectivity index (χ2n) is 11.1. The summed E-state index contributed by atoms with van der Waals surface area (Å²) in [6.45, 7) is 6.21. The Hall–Kier alpha value is -4.51. The summed E-state index contributed by atoms with van der Waals surface area (Å²) in [5.41, 5.74) is 4.99. The van der Waals surface area contributed by atoms with Crippen LogP contribution >= 0.6 is 0 Å². The number of rotatable bonds is 5. The Labute approximate surface area is 248 Å². The molecule has 222 valence electrons. The quantitative estimate of drug-likeness (QED) is 0.282. The normalized spacial score (nSPS) is 16.4. The van der Waals surface area contributed by atoms with Crippen molar-refractivity contribution in [1.82, 2.24) is 19.9 Å². The number of para-hydroxylation sites is 1. The maximum atomic E-state index is 13.6. The summed E-state index contributed by atoms with van der Waals surface area (Å²) >= 11 is 0. The van der Waals surface area contributed by atoms with Gasteiger partial charge in [0.05, 0.1) is 18.4 Å². The van der Waals surface area contributed by atoms with Crippen LogP contribution in [0.4, 0.5) is 36.1 Å². The van der Waals surface area contributed by atoms with Gasteiger partial charge in [0.25, 0.3) is 0 Å².